The minimum atomic E-state index is -0.0997. The smallest absolute Gasteiger partial charge is 0.164 e. The van der Waals surface area contributed by atoms with Gasteiger partial charge in [-0.25, -0.2) is 44.9 Å². The number of rotatable bonds is 16. The van der Waals surface area contributed by atoms with Crippen molar-refractivity contribution in [1.82, 2.24) is 44.9 Å². The van der Waals surface area contributed by atoms with Gasteiger partial charge in [0.2, 0.25) is 0 Å². The third-order valence-corrected chi connectivity index (χ3v) is 27.9. The maximum Gasteiger partial charge on any atom is 0.164 e. The lowest BCUT2D eigenvalue weighted by molar-refractivity contribution is 0.590. The maximum absolute atomic E-state index is 5.05. The van der Waals surface area contributed by atoms with Gasteiger partial charge in [-0.2, -0.15) is 0 Å². The lowest BCUT2D eigenvalue weighted by Crippen LogP contribution is -2.30. The highest BCUT2D eigenvalue weighted by molar-refractivity contribution is 5.90. The number of aryl methyl sites for hydroxylation is 2. The second-order valence-corrected chi connectivity index (χ2v) is 40.9. The first kappa shape index (κ1) is 91.8. The van der Waals surface area contributed by atoms with Crippen molar-refractivity contribution in [1.29, 1.82) is 0 Å². The molecule has 0 atom stereocenters. The van der Waals surface area contributed by atoms with Crippen LogP contribution in [-0.4, -0.2) is 44.9 Å². The Hall–Kier alpha value is -15.3. The average Bonchev–Trinajstić information content (AvgIpc) is 0.733. The van der Waals surface area contributed by atoms with Gasteiger partial charge in [-0.15, -0.1) is 0 Å². The van der Waals surface area contributed by atoms with Crippen LogP contribution < -0.4 is 14.7 Å². The average molecular weight is 1800 g/mol. The van der Waals surface area contributed by atoms with E-state index in [1.54, 1.807) is 0 Å². The summed E-state index contributed by atoms with van der Waals surface area (Å²) < 4.78 is 0. The third-order valence-electron chi connectivity index (χ3n) is 27.9. The largest absolute Gasteiger partial charge is 0.310 e. The van der Waals surface area contributed by atoms with Crippen LogP contribution in [0.4, 0.5) is 51.2 Å². The van der Waals surface area contributed by atoms with E-state index in [1.165, 1.54) is 101 Å². The van der Waals surface area contributed by atoms with Gasteiger partial charge in [-0.1, -0.05) is 379 Å². The molecule has 0 amide bonds. The highest BCUT2D eigenvalue weighted by atomic mass is 15.2. The van der Waals surface area contributed by atoms with Gasteiger partial charge in [-0.05, 0) is 211 Å². The Labute approximate surface area is 815 Å². The van der Waals surface area contributed by atoms with Gasteiger partial charge in [-0.3, -0.25) is 0 Å². The molecule has 0 saturated heterocycles. The van der Waals surface area contributed by atoms with Crippen molar-refractivity contribution in [3.8, 4) is 102 Å². The lowest BCUT2D eigenvalue weighted by Gasteiger charge is -2.42. The van der Waals surface area contributed by atoms with E-state index in [0.717, 1.165) is 80.0 Å². The van der Waals surface area contributed by atoms with Crippen LogP contribution in [0.3, 0.4) is 0 Å². The predicted molar refractivity (Wildman–Crippen MR) is 573 cm³/mol. The van der Waals surface area contributed by atoms with Crippen molar-refractivity contribution < 1.29 is 0 Å². The molecule has 138 heavy (non-hydrogen) atoms. The summed E-state index contributed by atoms with van der Waals surface area (Å²) in [4.78, 5) is 52.1. The molecule has 6 heterocycles. The zero-order valence-corrected chi connectivity index (χ0v) is 82.6. The fourth-order valence-electron chi connectivity index (χ4n) is 19.5. The molecule has 684 valence electrons. The van der Waals surface area contributed by atoms with Crippen LogP contribution in [0.5, 0.6) is 0 Å². The first-order valence-electron chi connectivity index (χ1n) is 48.7. The van der Waals surface area contributed by atoms with Gasteiger partial charge >= 0.3 is 0 Å². The molecule has 12 nitrogen and oxygen atoms in total. The zero-order valence-electron chi connectivity index (χ0n) is 82.6. The van der Waals surface area contributed by atoms with Gasteiger partial charge < -0.3 is 14.7 Å². The van der Waals surface area contributed by atoms with E-state index in [1.807, 2.05) is 0 Å². The van der Waals surface area contributed by atoms with E-state index >= 15 is 0 Å². The number of anilines is 9. The first-order valence-corrected chi connectivity index (χ1v) is 48.7. The zero-order chi connectivity index (χ0) is 96.1. The van der Waals surface area contributed by atoms with Crippen molar-refractivity contribution >= 4 is 51.2 Å². The van der Waals surface area contributed by atoms with Gasteiger partial charge in [0, 0.05) is 83.4 Å². The molecule has 3 aliphatic rings. The molecule has 0 radical (unpaired) electrons. The van der Waals surface area contributed by atoms with E-state index < -0.39 is 0 Å². The van der Waals surface area contributed by atoms with Crippen molar-refractivity contribution in [2.45, 2.75) is 176 Å². The summed E-state index contributed by atoms with van der Waals surface area (Å²) in [5.74, 6) is 6.94. The Balaban J connectivity index is 0.000000132. The molecule has 0 bridgehead atoms. The molecular weight excluding hydrogens is 1680 g/mol. The van der Waals surface area contributed by atoms with Gasteiger partial charge in [0.05, 0.1) is 34.1 Å². The monoisotopic (exact) mass is 1800 g/mol. The van der Waals surface area contributed by atoms with Crippen LogP contribution in [-0.2, 0) is 39.9 Å². The lowest BCUT2D eigenvalue weighted by atomic mass is 9.73. The molecule has 15 aromatic carbocycles. The van der Waals surface area contributed by atoms with E-state index in [9.17, 15) is 0 Å². The van der Waals surface area contributed by atoms with Crippen LogP contribution >= 0.6 is 0 Å². The normalized spacial score (nSPS) is 13.6. The van der Waals surface area contributed by atoms with E-state index in [-0.39, 0.29) is 27.1 Å². The molecule has 0 fully saturated rings. The topological polar surface area (TPSA) is 126 Å². The maximum atomic E-state index is 5.05. The quantitative estimate of drug-likeness (QED) is 0.0914. The predicted octanol–water partition coefficient (Wildman–Crippen LogP) is 32.9. The molecule has 0 spiro atoms. The molecule has 0 aliphatic carbocycles. The Bertz CT molecular complexity index is 7090. The number of fused-ring (bicyclic) bond motifs is 6. The van der Waals surface area contributed by atoms with Crippen molar-refractivity contribution in [3.63, 3.8) is 0 Å². The molecule has 3 aromatic heterocycles. The first-order chi connectivity index (χ1) is 66.5. The summed E-state index contributed by atoms with van der Waals surface area (Å²) >= 11 is 0. The highest BCUT2D eigenvalue weighted by Crippen LogP contribution is 2.56. The molecule has 0 N–H and O–H groups in total. The molecule has 18 aromatic rings. The van der Waals surface area contributed by atoms with E-state index in [2.05, 4.69) is 503 Å². The fourth-order valence-corrected chi connectivity index (χ4v) is 19.5. The number of aromatic nitrogens is 9. The van der Waals surface area contributed by atoms with Crippen molar-refractivity contribution in [3.05, 3.63) is 431 Å². The van der Waals surface area contributed by atoms with Crippen LogP contribution in [0, 0.1) is 0 Å². The van der Waals surface area contributed by atoms with Crippen LogP contribution in [0.2, 0.25) is 0 Å². The second kappa shape index (κ2) is 37.4. The number of para-hydroxylation sites is 6. The third kappa shape index (κ3) is 18.2. The Morgan fingerprint density at radius 3 is 0.536 bits per heavy atom. The standard InChI is InChI=1S/C44H44N4.C42H40N4.C40H36N4/c1-42(2,3)32-23-17-29(18-24-32)39-45-40(30-19-25-33(26-20-30)43(4,5)6)47-41(46-39)31-21-27-34(28-22-31)48-37-15-11-9-13-35(37)44(7,8)36-14-10-12-16-38(36)48;1-27(2)29-15-19-31(20-16-29)39-43-40(32-21-17-30(18-22-32)28(3)4)45-41(44-39)33-23-25-34(26-24-33)46-37-13-9-7-11-35(37)42(5,6)36-12-8-10-14-38(36)46;1-5-27-15-19-29(20-16-27)37-41-38(30-21-17-28(6-2)18-22-30)43-39(42-37)31-23-25-32(26-24-31)44-35-13-9-7-11-33(35)40(3,4)34-12-8-10-14-36(34)44/h9-28H,1-8H3;7-28H,1-6H3;7-26H,5-6H2,1-4H3. The summed E-state index contributed by atoms with van der Waals surface area (Å²) in [5.41, 5.74) is 34.7. The molecule has 12 heteroatoms. The highest BCUT2D eigenvalue weighted by Gasteiger charge is 2.40. The number of hydrogen-bond acceptors (Lipinski definition) is 12. The number of hydrogen-bond donors (Lipinski definition) is 0. The van der Waals surface area contributed by atoms with Gasteiger partial charge in [0.15, 0.2) is 52.4 Å². The molecular formula is C126H120N12. The molecule has 0 unspecified atom stereocenters. The number of nitrogens with zero attached hydrogens (tertiary/aromatic N) is 12. The van der Waals surface area contributed by atoms with E-state index in [0.29, 0.717) is 64.3 Å². The van der Waals surface area contributed by atoms with Crippen LogP contribution in [0.1, 0.15) is 203 Å². The fraction of sp³-hybridized carbons (Fsp3) is 0.214. The van der Waals surface area contributed by atoms with Crippen LogP contribution in [0.25, 0.3) is 102 Å². The van der Waals surface area contributed by atoms with Crippen molar-refractivity contribution in [2.75, 3.05) is 14.7 Å². The summed E-state index contributed by atoms with van der Waals surface area (Å²) in [6.07, 6.45) is 1.99. The van der Waals surface area contributed by atoms with Crippen LogP contribution in [0.15, 0.2) is 364 Å². The minimum absolute atomic E-state index is 0.0651. The summed E-state index contributed by atoms with van der Waals surface area (Å²) in [5, 5.41) is 0. The van der Waals surface area contributed by atoms with Gasteiger partial charge in [0.1, 0.15) is 0 Å². The molecule has 3 aliphatic heterocycles. The molecule has 0 saturated carbocycles. The summed E-state index contributed by atoms with van der Waals surface area (Å²) in [6.45, 7) is 40.4. The minimum Gasteiger partial charge on any atom is -0.310 e. The Morgan fingerprint density at radius 2 is 0.370 bits per heavy atom. The van der Waals surface area contributed by atoms with E-state index in [4.69, 9.17) is 44.9 Å². The Morgan fingerprint density at radius 1 is 0.210 bits per heavy atom. The summed E-state index contributed by atoms with van der Waals surface area (Å²) in [6, 6.07) is 130. The Kier molecular flexibility index (Phi) is 24.9. The number of benzene rings is 15. The second-order valence-electron chi connectivity index (χ2n) is 40.9. The van der Waals surface area contributed by atoms with Crippen molar-refractivity contribution in [2.24, 2.45) is 0 Å². The molecule has 21 rings (SSSR count). The van der Waals surface area contributed by atoms with Gasteiger partial charge in [0.25, 0.3) is 0 Å². The SMILES string of the molecule is CC(C)(C)c1ccc(-c2nc(-c3ccc(N4c5ccccc5C(C)(C)c5ccccc54)cc3)nc(-c3ccc(C(C)(C)C)cc3)n2)cc1.CC(C)c1ccc(-c2nc(-c3ccc(C(C)C)cc3)nc(-c3ccc(N4c5ccccc5C(C)(C)c5ccccc54)cc3)n2)cc1.CCc1ccc(-c2nc(-c3ccc(CC)cc3)nc(-c3ccc(N4c5ccccc5C(C)(C)c5ccccc54)cc3)n2)cc1. The summed E-state index contributed by atoms with van der Waals surface area (Å²) in [7, 11) is 0.